The van der Waals surface area contributed by atoms with Gasteiger partial charge in [0.05, 0.1) is 0 Å². The van der Waals surface area contributed by atoms with Crippen molar-refractivity contribution in [2.24, 2.45) is 0 Å². The smallest absolute Gasteiger partial charge is 0.0139 e. The van der Waals surface area contributed by atoms with Crippen LogP contribution >= 0.6 is 0 Å². The molecular weight excluding hydrogens is 244 g/mol. The summed E-state index contributed by atoms with van der Waals surface area (Å²) in [6.07, 6.45) is 6.42. The summed E-state index contributed by atoms with van der Waals surface area (Å²) in [6.45, 7) is 7.17. The van der Waals surface area contributed by atoms with Crippen molar-refractivity contribution in [3.8, 4) is 0 Å². The zero-order valence-electron chi connectivity index (χ0n) is 12.9. The van der Waals surface area contributed by atoms with E-state index in [1.807, 2.05) is 0 Å². The summed E-state index contributed by atoms with van der Waals surface area (Å²) < 4.78 is 0. The minimum atomic E-state index is 0.656. The van der Waals surface area contributed by atoms with Crippen molar-refractivity contribution < 1.29 is 0 Å². The van der Waals surface area contributed by atoms with Crippen LogP contribution in [0.5, 0.6) is 0 Å². The van der Waals surface area contributed by atoms with E-state index in [1.165, 1.54) is 45.2 Å². The molecule has 1 aliphatic heterocycles. The zero-order chi connectivity index (χ0) is 13.9. The Morgan fingerprint density at radius 1 is 0.950 bits per heavy atom. The average Bonchev–Trinajstić information content (AvgIpc) is 2.45. The molecule has 1 N–H and O–H groups in total. The Bertz CT molecular complexity index is 431. The van der Waals surface area contributed by atoms with Gasteiger partial charge in [0.25, 0.3) is 0 Å². The van der Waals surface area contributed by atoms with Gasteiger partial charge in [-0.05, 0) is 70.2 Å². The predicted octanol–water partition coefficient (Wildman–Crippen LogP) is 3.01. The monoisotopic (exact) mass is 272 g/mol. The molecule has 0 bridgehead atoms. The van der Waals surface area contributed by atoms with Crippen LogP contribution in [0.3, 0.4) is 0 Å². The molecule has 2 heteroatoms. The lowest BCUT2D eigenvalue weighted by molar-refractivity contribution is 0.149. The molecule has 110 valence electrons. The average molecular weight is 272 g/mol. The predicted molar refractivity (Wildman–Crippen MR) is 85.1 cm³/mol. The molecule has 1 aromatic carbocycles. The van der Waals surface area contributed by atoms with E-state index in [9.17, 15) is 0 Å². The Morgan fingerprint density at radius 2 is 1.60 bits per heavy atom. The molecule has 1 heterocycles. The molecule has 20 heavy (non-hydrogen) atoms. The summed E-state index contributed by atoms with van der Waals surface area (Å²) in [7, 11) is 0. The van der Waals surface area contributed by atoms with Crippen LogP contribution in [0.25, 0.3) is 0 Å². The maximum Gasteiger partial charge on any atom is 0.0139 e. The third-order valence-electron chi connectivity index (χ3n) is 5.10. The molecule has 0 amide bonds. The van der Waals surface area contributed by atoms with E-state index in [4.69, 9.17) is 0 Å². The Balaban J connectivity index is 1.67. The fourth-order valence-electron chi connectivity index (χ4n) is 3.84. The van der Waals surface area contributed by atoms with Crippen LogP contribution < -0.4 is 5.32 Å². The number of fused-ring (bicyclic) bond motifs is 1. The highest BCUT2D eigenvalue weighted by molar-refractivity contribution is 5.30. The van der Waals surface area contributed by atoms with Gasteiger partial charge in [0.2, 0.25) is 0 Å². The lowest BCUT2D eigenvalue weighted by Crippen LogP contribution is -2.47. The number of nitrogens with one attached hydrogen (secondary N) is 1. The van der Waals surface area contributed by atoms with Crippen LogP contribution in [0.15, 0.2) is 24.3 Å². The van der Waals surface area contributed by atoms with Crippen molar-refractivity contribution in [3.63, 3.8) is 0 Å². The lowest BCUT2D eigenvalue weighted by Gasteiger charge is -2.38. The van der Waals surface area contributed by atoms with Gasteiger partial charge in [0.1, 0.15) is 0 Å². The van der Waals surface area contributed by atoms with Gasteiger partial charge in [-0.1, -0.05) is 24.3 Å². The van der Waals surface area contributed by atoms with Crippen LogP contribution in [-0.2, 0) is 12.8 Å². The SMILES string of the molecule is CC1CCN(C2CCc3ccccc3C2)CCC(C)N1. The van der Waals surface area contributed by atoms with E-state index in [-0.39, 0.29) is 0 Å². The van der Waals surface area contributed by atoms with E-state index in [0.717, 1.165) is 6.04 Å². The topological polar surface area (TPSA) is 15.3 Å². The molecule has 0 aromatic heterocycles. The molecule has 3 rings (SSSR count). The first-order valence-electron chi connectivity index (χ1n) is 8.29. The Hall–Kier alpha value is -0.860. The Kier molecular flexibility index (Phi) is 4.42. The molecule has 2 nitrogen and oxygen atoms in total. The zero-order valence-corrected chi connectivity index (χ0v) is 12.9. The van der Waals surface area contributed by atoms with E-state index >= 15 is 0 Å². The van der Waals surface area contributed by atoms with Crippen LogP contribution in [0.4, 0.5) is 0 Å². The highest BCUT2D eigenvalue weighted by Crippen LogP contribution is 2.25. The fourth-order valence-corrected chi connectivity index (χ4v) is 3.84. The van der Waals surface area contributed by atoms with Gasteiger partial charge in [-0.25, -0.2) is 0 Å². The van der Waals surface area contributed by atoms with Gasteiger partial charge in [-0.3, -0.25) is 4.90 Å². The quantitative estimate of drug-likeness (QED) is 0.845. The molecule has 1 fully saturated rings. The summed E-state index contributed by atoms with van der Waals surface area (Å²) in [5, 5.41) is 3.69. The third-order valence-corrected chi connectivity index (χ3v) is 5.10. The molecule has 0 radical (unpaired) electrons. The standard InChI is InChI=1S/C18H28N2/c1-14-9-11-20(12-10-15(2)19-14)18-8-7-16-5-3-4-6-17(16)13-18/h3-6,14-15,18-19H,7-13H2,1-2H3. The number of hydrogen-bond acceptors (Lipinski definition) is 2. The number of rotatable bonds is 1. The van der Waals surface area contributed by atoms with Gasteiger partial charge < -0.3 is 5.32 Å². The maximum absolute atomic E-state index is 3.69. The molecule has 3 unspecified atom stereocenters. The van der Waals surface area contributed by atoms with Gasteiger partial charge in [0.15, 0.2) is 0 Å². The third kappa shape index (κ3) is 3.24. The van der Waals surface area contributed by atoms with Crippen molar-refractivity contribution in [1.82, 2.24) is 10.2 Å². The maximum atomic E-state index is 3.69. The highest BCUT2D eigenvalue weighted by Gasteiger charge is 2.25. The van der Waals surface area contributed by atoms with Crippen molar-refractivity contribution in [1.29, 1.82) is 0 Å². The first-order valence-corrected chi connectivity index (χ1v) is 8.29. The van der Waals surface area contributed by atoms with Crippen molar-refractivity contribution >= 4 is 0 Å². The number of aryl methyl sites for hydroxylation is 1. The number of nitrogens with zero attached hydrogens (tertiary/aromatic N) is 1. The first-order chi connectivity index (χ1) is 9.72. The van der Waals surface area contributed by atoms with Crippen molar-refractivity contribution in [2.75, 3.05) is 13.1 Å². The normalized spacial score (nSPS) is 32.2. The molecule has 2 aliphatic rings. The Labute approximate surface area is 123 Å². The first kappa shape index (κ1) is 14.1. The second-order valence-electron chi connectivity index (χ2n) is 6.75. The van der Waals surface area contributed by atoms with Gasteiger partial charge in [0, 0.05) is 18.1 Å². The van der Waals surface area contributed by atoms with Crippen molar-refractivity contribution in [2.45, 2.75) is 64.1 Å². The summed E-state index contributed by atoms with van der Waals surface area (Å²) in [4.78, 5) is 2.77. The highest BCUT2D eigenvalue weighted by atomic mass is 15.2. The van der Waals surface area contributed by atoms with Crippen molar-refractivity contribution in [3.05, 3.63) is 35.4 Å². The molecular formula is C18H28N2. The second kappa shape index (κ2) is 6.28. The molecule has 0 spiro atoms. The lowest BCUT2D eigenvalue weighted by atomic mass is 9.87. The van der Waals surface area contributed by atoms with Crippen LogP contribution in [0.2, 0.25) is 0 Å². The van der Waals surface area contributed by atoms with Crippen LogP contribution in [-0.4, -0.2) is 36.1 Å². The summed E-state index contributed by atoms with van der Waals surface area (Å²) in [5.74, 6) is 0. The molecule has 3 atom stereocenters. The molecule has 1 aromatic rings. The summed E-state index contributed by atoms with van der Waals surface area (Å²) in [6, 6.07) is 11.1. The van der Waals surface area contributed by atoms with Crippen LogP contribution in [0.1, 0.15) is 44.2 Å². The summed E-state index contributed by atoms with van der Waals surface area (Å²) >= 11 is 0. The van der Waals surface area contributed by atoms with Crippen LogP contribution in [0, 0.1) is 0 Å². The Morgan fingerprint density at radius 3 is 2.30 bits per heavy atom. The van der Waals surface area contributed by atoms with E-state index in [1.54, 1.807) is 11.1 Å². The second-order valence-corrected chi connectivity index (χ2v) is 6.75. The molecule has 0 saturated carbocycles. The van der Waals surface area contributed by atoms with Gasteiger partial charge >= 0.3 is 0 Å². The molecule has 1 aliphatic carbocycles. The minimum Gasteiger partial charge on any atom is -0.312 e. The van der Waals surface area contributed by atoms with Gasteiger partial charge in [-0.2, -0.15) is 0 Å². The number of benzene rings is 1. The van der Waals surface area contributed by atoms with Gasteiger partial charge in [-0.15, -0.1) is 0 Å². The fraction of sp³-hybridized carbons (Fsp3) is 0.667. The summed E-state index contributed by atoms with van der Waals surface area (Å²) in [5.41, 5.74) is 3.17. The van der Waals surface area contributed by atoms with E-state index in [0.29, 0.717) is 12.1 Å². The minimum absolute atomic E-state index is 0.656. The molecule has 1 saturated heterocycles. The van der Waals surface area contributed by atoms with E-state index < -0.39 is 0 Å². The number of hydrogen-bond donors (Lipinski definition) is 1. The largest absolute Gasteiger partial charge is 0.312 e. The van der Waals surface area contributed by atoms with E-state index in [2.05, 4.69) is 48.3 Å².